The number of hydrogen-bond donors (Lipinski definition) is 2. The van der Waals surface area contributed by atoms with Crippen LogP contribution < -0.4 is 10.2 Å². The van der Waals surface area contributed by atoms with Gasteiger partial charge in [0.1, 0.15) is 17.8 Å². The number of alkyl halides is 3. The Kier molecular flexibility index (Phi) is 5.36. The van der Waals surface area contributed by atoms with E-state index in [0.29, 0.717) is 35.9 Å². The Labute approximate surface area is 180 Å². The summed E-state index contributed by atoms with van der Waals surface area (Å²) in [7, 11) is 0. The highest BCUT2D eigenvalue weighted by Crippen LogP contribution is 2.36. The zero-order valence-electron chi connectivity index (χ0n) is 16.4. The molecule has 2 aromatic heterocycles. The first-order valence-electron chi connectivity index (χ1n) is 9.41. The lowest BCUT2D eigenvalue weighted by Crippen LogP contribution is -2.32. The first-order valence-corrected chi connectivity index (χ1v) is 9.41. The average molecular weight is 440 g/mol. The molecule has 0 spiro atoms. The summed E-state index contributed by atoms with van der Waals surface area (Å²) in [6, 6.07) is 8.17. The largest absolute Gasteiger partial charge is 0.477 e. The molecule has 11 heteroatoms. The lowest BCUT2D eigenvalue weighted by molar-refractivity contribution is -0.137. The average Bonchev–Trinajstić information content (AvgIpc) is 2.78. The Bertz CT molecular complexity index is 1220. The third kappa shape index (κ3) is 4.15. The van der Waals surface area contributed by atoms with Gasteiger partial charge in [0.05, 0.1) is 41.3 Å². The predicted molar refractivity (Wildman–Crippen MR) is 107 cm³/mol. The number of rotatable bonds is 4. The lowest BCUT2D eigenvalue weighted by Gasteiger charge is -2.31. The number of carboxylic acids is 1. The van der Waals surface area contributed by atoms with Crippen LogP contribution in [0.15, 0.2) is 42.9 Å². The molecule has 1 aliphatic heterocycles. The van der Waals surface area contributed by atoms with Crippen molar-refractivity contribution in [2.75, 3.05) is 16.8 Å². The first kappa shape index (κ1) is 21.0. The molecule has 2 N–H and O–H groups in total. The molecular weight excluding hydrogens is 425 g/mol. The van der Waals surface area contributed by atoms with E-state index < -0.39 is 23.3 Å². The van der Waals surface area contributed by atoms with E-state index in [9.17, 15) is 18.0 Å². The fourth-order valence-corrected chi connectivity index (χ4v) is 3.47. The van der Waals surface area contributed by atoms with Crippen LogP contribution in [0.2, 0.25) is 0 Å². The number of aromatic carboxylic acids is 1. The highest BCUT2D eigenvalue weighted by molar-refractivity contribution is 5.85. The van der Waals surface area contributed by atoms with Crippen molar-refractivity contribution < 1.29 is 23.1 Å². The van der Waals surface area contributed by atoms with Gasteiger partial charge in [-0.3, -0.25) is 0 Å². The van der Waals surface area contributed by atoms with Crippen molar-refractivity contribution in [3.63, 3.8) is 0 Å². The fourth-order valence-electron chi connectivity index (χ4n) is 3.47. The Morgan fingerprint density at radius 2 is 2.00 bits per heavy atom. The molecule has 0 bridgehead atoms. The Morgan fingerprint density at radius 3 is 2.66 bits per heavy atom. The van der Waals surface area contributed by atoms with Crippen LogP contribution in [0.4, 0.5) is 30.4 Å². The normalized spacial score (nSPS) is 13.2. The number of nitriles is 1. The van der Waals surface area contributed by atoms with Gasteiger partial charge in [0, 0.05) is 17.8 Å². The summed E-state index contributed by atoms with van der Waals surface area (Å²) in [5, 5.41) is 21.0. The van der Waals surface area contributed by atoms with Crippen molar-refractivity contribution >= 4 is 23.2 Å². The minimum absolute atomic E-state index is 0.0865. The zero-order valence-corrected chi connectivity index (χ0v) is 16.4. The van der Waals surface area contributed by atoms with Gasteiger partial charge in [-0.25, -0.2) is 19.7 Å². The highest BCUT2D eigenvalue weighted by atomic mass is 19.4. The molecule has 0 aliphatic carbocycles. The van der Waals surface area contributed by atoms with Crippen LogP contribution in [0.25, 0.3) is 0 Å². The topological polar surface area (TPSA) is 115 Å². The fraction of sp³-hybridized carbons (Fsp3) is 0.190. The number of halogens is 3. The maximum atomic E-state index is 13.3. The van der Waals surface area contributed by atoms with Crippen LogP contribution in [-0.2, 0) is 19.1 Å². The molecule has 8 nitrogen and oxygen atoms in total. The first-order chi connectivity index (χ1) is 15.3. The van der Waals surface area contributed by atoms with E-state index in [-0.39, 0.29) is 12.2 Å². The van der Waals surface area contributed by atoms with Gasteiger partial charge in [0.25, 0.3) is 0 Å². The Balaban J connectivity index is 1.58. The molecule has 0 fully saturated rings. The van der Waals surface area contributed by atoms with Crippen LogP contribution in [0.1, 0.15) is 32.9 Å². The van der Waals surface area contributed by atoms with Gasteiger partial charge in [0.15, 0.2) is 0 Å². The quantitative estimate of drug-likeness (QED) is 0.630. The van der Waals surface area contributed by atoms with E-state index in [4.69, 9.17) is 10.4 Å². The summed E-state index contributed by atoms with van der Waals surface area (Å²) in [5.41, 5.74) is 0.888. The van der Waals surface area contributed by atoms with Gasteiger partial charge >= 0.3 is 12.1 Å². The zero-order chi connectivity index (χ0) is 22.9. The molecule has 0 saturated carbocycles. The summed E-state index contributed by atoms with van der Waals surface area (Å²) in [6.07, 6.45) is -1.43. The Hall–Kier alpha value is -4.20. The van der Waals surface area contributed by atoms with Gasteiger partial charge in [0.2, 0.25) is 0 Å². The maximum absolute atomic E-state index is 13.3. The molecule has 0 atom stereocenters. The second-order valence-corrected chi connectivity index (χ2v) is 7.02. The van der Waals surface area contributed by atoms with Crippen LogP contribution >= 0.6 is 0 Å². The summed E-state index contributed by atoms with van der Waals surface area (Å²) >= 11 is 0. The molecule has 3 heterocycles. The number of carboxylic acid groups (broad SMARTS) is 1. The van der Waals surface area contributed by atoms with E-state index in [1.165, 1.54) is 30.7 Å². The molecule has 0 amide bonds. The van der Waals surface area contributed by atoms with Crippen molar-refractivity contribution in [1.82, 2.24) is 15.0 Å². The van der Waals surface area contributed by atoms with E-state index in [2.05, 4.69) is 20.3 Å². The SMILES string of the molecule is N#Cc1ccc(N2CCc3c(ncnc3Nc3ccc(C(=O)O)nc3)C2)cc1C(F)(F)F. The standard InChI is InChI=1S/C21H15F3N6O2/c22-21(23,24)16-7-14(3-1-12(16)8-25)30-6-5-15-18(10-30)27-11-28-19(15)29-13-2-4-17(20(31)32)26-9-13/h1-4,7,9,11H,5-6,10H2,(H,31,32)(H,27,28,29). The van der Waals surface area contributed by atoms with Crippen molar-refractivity contribution in [3.8, 4) is 6.07 Å². The summed E-state index contributed by atoms with van der Waals surface area (Å²) in [6.45, 7) is 0.695. The second kappa shape index (κ2) is 8.14. The van der Waals surface area contributed by atoms with Crippen LogP contribution in [0, 0.1) is 11.3 Å². The van der Waals surface area contributed by atoms with Gasteiger partial charge in [-0.2, -0.15) is 18.4 Å². The molecule has 1 aliphatic rings. The van der Waals surface area contributed by atoms with Crippen LogP contribution in [-0.4, -0.2) is 32.6 Å². The van der Waals surface area contributed by atoms with Crippen LogP contribution in [0.3, 0.4) is 0 Å². The molecule has 162 valence electrons. The van der Waals surface area contributed by atoms with Crippen molar-refractivity contribution in [2.24, 2.45) is 0 Å². The number of hydrogen-bond acceptors (Lipinski definition) is 7. The van der Waals surface area contributed by atoms with Crippen LogP contribution in [0.5, 0.6) is 0 Å². The van der Waals surface area contributed by atoms with Gasteiger partial charge in [-0.05, 0) is 36.8 Å². The number of anilines is 3. The smallest absolute Gasteiger partial charge is 0.417 e. The number of nitrogens with one attached hydrogen (secondary N) is 1. The summed E-state index contributed by atoms with van der Waals surface area (Å²) in [5.74, 6) is -0.608. The molecule has 4 rings (SSSR count). The van der Waals surface area contributed by atoms with E-state index in [1.54, 1.807) is 17.0 Å². The number of fused-ring (bicyclic) bond motifs is 1. The molecule has 0 radical (unpaired) electrons. The minimum atomic E-state index is -4.63. The van der Waals surface area contributed by atoms with Crippen molar-refractivity contribution in [2.45, 2.75) is 19.1 Å². The van der Waals surface area contributed by atoms with Gasteiger partial charge in [-0.1, -0.05) is 0 Å². The Morgan fingerprint density at radius 1 is 1.19 bits per heavy atom. The van der Waals surface area contributed by atoms with E-state index >= 15 is 0 Å². The van der Waals surface area contributed by atoms with Gasteiger partial charge in [-0.15, -0.1) is 0 Å². The van der Waals surface area contributed by atoms with Crippen molar-refractivity contribution in [3.05, 3.63) is 70.9 Å². The molecular formula is C21H15F3N6O2. The third-order valence-corrected chi connectivity index (χ3v) is 5.05. The predicted octanol–water partition coefficient (Wildman–Crippen LogP) is 3.77. The molecule has 0 saturated heterocycles. The summed E-state index contributed by atoms with van der Waals surface area (Å²) in [4.78, 5) is 25.1. The molecule has 3 aromatic rings. The van der Waals surface area contributed by atoms with Gasteiger partial charge < -0.3 is 15.3 Å². The van der Waals surface area contributed by atoms with Crippen molar-refractivity contribution in [1.29, 1.82) is 5.26 Å². The molecule has 0 unspecified atom stereocenters. The number of carbonyl (C=O) groups is 1. The summed E-state index contributed by atoms with van der Waals surface area (Å²) < 4.78 is 39.9. The monoisotopic (exact) mass is 440 g/mol. The number of benzene rings is 1. The molecule has 32 heavy (non-hydrogen) atoms. The maximum Gasteiger partial charge on any atom is 0.417 e. The lowest BCUT2D eigenvalue weighted by atomic mass is 10.0. The number of nitrogens with zero attached hydrogens (tertiary/aromatic N) is 5. The minimum Gasteiger partial charge on any atom is -0.477 e. The van der Waals surface area contributed by atoms with E-state index in [1.807, 2.05) is 0 Å². The second-order valence-electron chi connectivity index (χ2n) is 7.02. The number of aromatic nitrogens is 3. The number of pyridine rings is 1. The molecule has 1 aromatic carbocycles. The third-order valence-electron chi connectivity index (χ3n) is 5.05. The van der Waals surface area contributed by atoms with E-state index in [0.717, 1.165) is 11.6 Å². The highest BCUT2D eigenvalue weighted by Gasteiger charge is 2.34.